The fourth-order valence-electron chi connectivity index (χ4n) is 1.61. The molecule has 0 fully saturated rings. The van der Waals surface area contributed by atoms with E-state index in [1.54, 1.807) is 36.4 Å². The maximum Gasteiger partial charge on any atom is 0.226 e. The van der Waals surface area contributed by atoms with Crippen LogP contribution in [0.25, 0.3) is 11.5 Å². The second kappa shape index (κ2) is 5.64. The van der Waals surface area contributed by atoms with Gasteiger partial charge in [0.2, 0.25) is 5.89 Å². The number of thiazole rings is 1. The second-order valence-electron chi connectivity index (χ2n) is 3.96. The predicted molar refractivity (Wildman–Crippen MR) is 78.0 cm³/mol. The minimum atomic E-state index is -0.309. The molecule has 7 heteroatoms. The number of benzene rings is 1. The van der Waals surface area contributed by atoms with Gasteiger partial charge < -0.3 is 10.2 Å². The van der Waals surface area contributed by atoms with Gasteiger partial charge in [-0.15, -0.1) is 11.8 Å². The molecule has 0 aliphatic carbocycles. The third-order valence-electron chi connectivity index (χ3n) is 2.49. The molecule has 1 aromatic carbocycles. The zero-order chi connectivity index (χ0) is 13.9. The van der Waals surface area contributed by atoms with Crippen LogP contribution < -0.4 is 5.73 Å². The molecule has 0 unspecified atom stereocenters. The standard InChI is InChI=1S/C13H10FN3OS2/c14-9-3-1-2-8(4-9)12-17-10(6-18-12)7-19-11-5-16-13(15)20-11/h1-6H,7H2,(H2,15,16). The Bertz CT molecular complexity index is 726. The first-order valence-electron chi connectivity index (χ1n) is 5.75. The van der Waals surface area contributed by atoms with Crippen molar-refractivity contribution in [1.29, 1.82) is 0 Å². The van der Waals surface area contributed by atoms with Gasteiger partial charge in [-0.05, 0) is 18.2 Å². The first kappa shape index (κ1) is 13.1. The summed E-state index contributed by atoms with van der Waals surface area (Å²) in [5.74, 6) is 0.765. The van der Waals surface area contributed by atoms with E-state index in [0.29, 0.717) is 22.3 Å². The fourth-order valence-corrected chi connectivity index (χ4v) is 3.25. The van der Waals surface area contributed by atoms with Gasteiger partial charge in [0.1, 0.15) is 12.1 Å². The molecule has 0 saturated heterocycles. The molecule has 0 spiro atoms. The van der Waals surface area contributed by atoms with E-state index >= 15 is 0 Å². The van der Waals surface area contributed by atoms with Gasteiger partial charge in [-0.3, -0.25) is 0 Å². The maximum atomic E-state index is 13.1. The lowest BCUT2D eigenvalue weighted by Gasteiger charge is -1.94. The zero-order valence-electron chi connectivity index (χ0n) is 10.2. The number of nitrogen functional groups attached to an aromatic ring is 1. The van der Waals surface area contributed by atoms with Crippen LogP contribution in [0.15, 0.2) is 45.4 Å². The van der Waals surface area contributed by atoms with E-state index in [0.717, 1.165) is 9.90 Å². The van der Waals surface area contributed by atoms with E-state index in [-0.39, 0.29) is 5.82 Å². The normalized spacial score (nSPS) is 10.8. The molecule has 2 aromatic heterocycles. The molecule has 0 aliphatic heterocycles. The number of nitrogens with two attached hydrogens (primary N) is 1. The topological polar surface area (TPSA) is 64.9 Å². The van der Waals surface area contributed by atoms with E-state index in [1.165, 1.54) is 23.5 Å². The lowest BCUT2D eigenvalue weighted by Crippen LogP contribution is -1.82. The van der Waals surface area contributed by atoms with Crippen molar-refractivity contribution in [3.8, 4) is 11.5 Å². The molecule has 0 bridgehead atoms. The van der Waals surface area contributed by atoms with Crippen molar-refractivity contribution >= 4 is 28.2 Å². The molecule has 0 atom stereocenters. The number of thioether (sulfide) groups is 1. The van der Waals surface area contributed by atoms with E-state index < -0.39 is 0 Å². The summed E-state index contributed by atoms with van der Waals surface area (Å²) in [5.41, 5.74) is 6.99. The lowest BCUT2D eigenvalue weighted by molar-refractivity contribution is 0.571. The van der Waals surface area contributed by atoms with Crippen molar-refractivity contribution in [3.63, 3.8) is 0 Å². The van der Waals surface area contributed by atoms with Crippen molar-refractivity contribution < 1.29 is 8.81 Å². The maximum absolute atomic E-state index is 13.1. The summed E-state index contributed by atoms with van der Waals surface area (Å²) >= 11 is 3.02. The highest BCUT2D eigenvalue weighted by Crippen LogP contribution is 2.29. The van der Waals surface area contributed by atoms with Gasteiger partial charge in [0.05, 0.1) is 16.1 Å². The molecule has 4 nitrogen and oxygen atoms in total. The number of hydrogen-bond donors (Lipinski definition) is 1. The summed E-state index contributed by atoms with van der Waals surface area (Å²) in [5, 5.41) is 0.549. The number of anilines is 1. The van der Waals surface area contributed by atoms with Gasteiger partial charge in [0.15, 0.2) is 5.13 Å². The summed E-state index contributed by atoms with van der Waals surface area (Å²) in [6.07, 6.45) is 3.32. The van der Waals surface area contributed by atoms with Crippen molar-refractivity contribution in [3.05, 3.63) is 48.2 Å². The number of nitrogens with zero attached hydrogens (tertiary/aromatic N) is 2. The quantitative estimate of drug-likeness (QED) is 0.742. The van der Waals surface area contributed by atoms with Crippen LogP contribution in [-0.4, -0.2) is 9.97 Å². The third kappa shape index (κ3) is 3.00. The highest BCUT2D eigenvalue weighted by molar-refractivity contribution is 8.00. The minimum absolute atomic E-state index is 0.309. The van der Waals surface area contributed by atoms with Crippen molar-refractivity contribution in [2.45, 2.75) is 9.96 Å². The summed E-state index contributed by atoms with van der Waals surface area (Å²) in [6.45, 7) is 0. The molecular formula is C13H10FN3OS2. The summed E-state index contributed by atoms with van der Waals surface area (Å²) in [7, 11) is 0. The molecule has 0 radical (unpaired) electrons. The minimum Gasteiger partial charge on any atom is -0.444 e. The van der Waals surface area contributed by atoms with Crippen molar-refractivity contribution in [2.75, 3.05) is 5.73 Å². The Kier molecular flexibility index (Phi) is 3.70. The van der Waals surface area contributed by atoms with Gasteiger partial charge >= 0.3 is 0 Å². The fraction of sp³-hybridized carbons (Fsp3) is 0.0769. The molecule has 20 heavy (non-hydrogen) atoms. The molecule has 0 amide bonds. The predicted octanol–water partition coefficient (Wildman–Crippen LogP) is 3.81. The third-order valence-corrected chi connectivity index (χ3v) is 4.54. The Balaban J connectivity index is 1.70. The SMILES string of the molecule is Nc1ncc(SCc2coc(-c3cccc(F)c3)n2)s1. The smallest absolute Gasteiger partial charge is 0.226 e. The van der Waals surface area contributed by atoms with Crippen LogP contribution >= 0.6 is 23.1 Å². The Labute approximate surface area is 122 Å². The summed E-state index contributed by atoms with van der Waals surface area (Å²) < 4.78 is 19.5. The number of halogens is 1. The average Bonchev–Trinajstić information content (AvgIpc) is 3.05. The van der Waals surface area contributed by atoms with Crippen LogP contribution in [-0.2, 0) is 5.75 Å². The van der Waals surface area contributed by atoms with Crippen LogP contribution in [0.2, 0.25) is 0 Å². The summed E-state index contributed by atoms with van der Waals surface area (Å²) in [6, 6.07) is 6.17. The number of oxazole rings is 1. The molecule has 3 aromatic rings. The van der Waals surface area contributed by atoms with Crippen LogP contribution in [0.5, 0.6) is 0 Å². The average molecular weight is 307 g/mol. The monoisotopic (exact) mass is 307 g/mol. The molecular weight excluding hydrogens is 297 g/mol. The second-order valence-corrected chi connectivity index (χ2v) is 6.30. The van der Waals surface area contributed by atoms with Crippen molar-refractivity contribution in [1.82, 2.24) is 9.97 Å². The number of rotatable bonds is 4. The number of hydrogen-bond acceptors (Lipinski definition) is 6. The van der Waals surface area contributed by atoms with E-state index in [1.807, 2.05) is 0 Å². The zero-order valence-corrected chi connectivity index (χ0v) is 11.9. The molecule has 3 rings (SSSR count). The van der Waals surface area contributed by atoms with Crippen LogP contribution in [0, 0.1) is 5.82 Å². The Morgan fingerprint density at radius 2 is 2.30 bits per heavy atom. The van der Waals surface area contributed by atoms with Gasteiger partial charge in [0, 0.05) is 11.3 Å². The van der Waals surface area contributed by atoms with Crippen molar-refractivity contribution in [2.24, 2.45) is 0 Å². The highest BCUT2D eigenvalue weighted by Gasteiger charge is 2.08. The van der Waals surface area contributed by atoms with E-state index in [4.69, 9.17) is 10.2 Å². The van der Waals surface area contributed by atoms with E-state index in [2.05, 4.69) is 9.97 Å². The first-order chi connectivity index (χ1) is 9.70. The Morgan fingerprint density at radius 1 is 1.40 bits per heavy atom. The Morgan fingerprint density at radius 3 is 3.05 bits per heavy atom. The number of aromatic nitrogens is 2. The first-order valence-corrected chi connectivity index (χ1v) is 7.55. The molecule has 0 saturated carbocycles. The van der Waals surface area contributed by atoms with Crippen LogP contribution in [0.4, 0.5) is 9.52 Å². The molecule has 2 heterocycles. The highest BCUT2D eigenvalue weighted by atomic mass is 32.2. The lowest BCUT2D eigenvalue weighted by atomic mass is 10.2. The van der Waals surface area contributed by atoms with Crippen LogP contribution in [0.1, 0.15) is 5.69 Å². The van der Waals surface area contributed by atoms with Gasteiger partial charge in [-0.2, -0.15) is 0 Å². The summed E-state index contributed by atoms with van der Waals surface area (Å²) in [4.78, 5) is 8.32. The van der Waals surface area contributed by atoms with Gasteiger partial charge in [-0.1, -0.05) is 17.4 Å². The molecule has 102 valence electrons. The molecule has 2 N–H and O–H groups in total. The Hall–Kier alpha value is -1.86. The van der Waals surface area contributed by atoms with E-state index in [9.17, 15) is 4.39 Å². The van der Waals surface area contributed by atoms with Gasteiger partial charge in [-0.25, -0.2) is 14.4 Å². The largest absolute Gasteiger partial charge is 0.444 e. The molecule has 0 aliphatic rings. The van der Waals surface area contributed by atoms with Gasteiger partial charge in [0.25, 0.3) is 0 Å². The van der Waals surface area contributed by atoms with Crippen LogP contribution in [0.3, 0.4) is 0 Å².